The molecule has 0 fully saturated rings. The van der Waals surface area contributed by atoms with Crippen molar-refractivity contribution in [3.8, 4) is 0 Å². The number of benzene rings is 1. The van der Waals surface area contributed by atoms with Crippen LogP contribution in [-0.4, -0.2) is 37.6 Å². The van der Waals surface area contributed by atoms with Gasteiger partial charge >= 0.3 is 17.6 Å². The third kappa shape index (κ3) is 3.32. The van der Waals surface area contributed by atoms with E-state index in [0.717, 1.165) is 0 Å². The van der Waals surface area contributed by atoms with E-state index in [2.05, 4.69) is 10.3 Å². The molecule has 0 bridgehead atoms. The van der Waals surface area contributed by atoms with Crippen LogP contribution in [0.1, 0.15) is 19.4 Å². The van der Waals surface area contributed by atoms with Gasteiger partial charge in [-0.05, 0) is 18.2 Å². The van der Waals surface area contributed by atoms with Crippen LogP contribution in [0.5, 0.6) is 0 Å². The van der Waals surface area contributed by atoms with Crippen LogP contribution in [-0.2, 0) is 14.4 Å². The Morgan fingerprint density at radius 3 is 2.46 bits per heavy atom. The Hall–Kier alpha value is -3.43. The molecule has 0 radical (unpaired) electrons. The van der Waals surface area contributed by atoms with Crippen molar-refractivity contribution in [2.75, 3.05) is 5.32 Å². The second-order valence-corrected chi connectivity index (χ2v) is 5.00. The Morgan fingerprint density at radius 2 is 1.92 bits per heavy atom. The Bertz CT molecular complexity index is 957. The van der Waals surface area contributed by atoms with Crippen molar-refractivity contribution in [2.45, 2.75) is 19.4 Å². The fraction of sp³-hybridized carbons (Fsp3) is 0.214. The van der Waals surface area contributed by atoms with Crippen molar-refractivity contribution in [1.29, 1.82) is 0 Å². The van der Waals surface area contributed by atoms with Crippen molar-refractivity contribution in [2.24, 2.45) is 0 Å². The number of hydrogen-bond donors (Lipinski definition) is 4. The summed E-state index contributed by atoms with van der Waals surface area (Å²) in [5.41, 5.74) is -1.56. The Morgan fingerprint density at radius 1 is 1.25 bits per heavy atom. The van der Waals surface area contributed by atoms with Crippen molar-refractivity contribution in [1.82, 2.24) is 9.55 Å². The number of rotatable bonds is 5. The first-order chi connectivity index (χ1) is 11.2. The molecule has 2 aromatic rings. The summed E-state index contributed by atoms with van der Waals surface area (Å²) in [6, 6.07) is 2.21. The smallest absolute Gasteiger partial charge is 0.329 e. The van der Waals surface area contributed by atoms with Crippen LogP contribution in [0.2, 0.25) is 0 Å². The van der Waals surface area contributed by atoms with Gasteiger partial charge in [-0.1, -0.05) is 0 Å². The molecular formula is C14H13N3O7. The number of H-pyrrole nitrogens is 1. The van der Waals surface area contributed by atoms with Gasteiger partial charge in [0.2, 0.25) is 5.91 Å². The summed E-state index contributed by atoms with van der Waals surface area (Å²) in [6.45, 7) is 1.29. The molecule has 0 aliphatic heterocycles. The van der Waals surface area contributed by atoms with Crippen molar-refractivity contribution in [3.63, 3.8) is 0 Å². The van der Waals surface area contributed by atoms with Gasteiger partial charge in [0.05, 0.1) is 17.3 Å². The second-order valence-electron chi connectivity index (χ2n) is 5.00. The van der Waals surface area contributed by atoms with E-state index in [9.17, 15) is 24.0 Å². The van der Waals surface area contributed by atoms with Crippen LogP contribution in [0.25, 0.3) is 10.9 Å². The SMILES string of the molecule is CC(=O)Nc1ccc2c(=O)n(C(CC(=O)O)C(=O)O)c(=O)[nH]c2c1. The maximum absolute atomic E-state index is 12.4. The number of nitrogens with one attached hydrogen (secondary N) is 2. The molecule has 1 atom stereocenters. The third-order valence-corrected chi connectivity index (χ3v) is 3.21. The lowest BCUT2D eigenvalue weighted by Crippen LogP contribution is -2.41. The van der Waals surface area contributed by atoms with Gasteiger partial charge in [-0.25, -0.2) is 14.2 Å². The summed E-state index contributed by atoms with van der Waals surface area (Å²) in [5.74, 6) is -3.42. The number of fused-ring (bicyclic) bond motifs is 1. The van der Waals surface area contributed by atoms with E-state index < -0.39 is 35.7 Å². The predicted octanol–water partition coefficient (Wildman–Crippen LogP) is -0.251. The zero-order chi connectivity index (χ0) is 18.0. The van der Waals surface area contributed by atoms with Gasteiger partial charge in [0.15, 0.2) is 0 Å². The Balaban J connectivity index is 2.67. The number of aromatic amines is 1. The number of hydrogen-bond acceptors (Lipinski definition) is 5. The van der Waals surface area contributed by atoms with E-state index in [0.29, 0.717) is 10.3 Å². The van der Waals surface area contributed by atoms with E-state index in [1.165, 1.54) is 25.1 Å². The highest BCUT2D eigenvalue weighted by atomic mass is 16.4. The number of carboxylic acids is 2. The summed E-state index contributed by atoms with van der Waals surface area (Å²) in [5, 5.41) is 20.4. The zero-order valence-corrected chi connectivity index (χ0v) is 12.4. The molecule has 0 aliphatic carbocycles. The molecule has 0 saturated carbocycles. The van der Waals surface area contributed by atoms with E-state index in [4.69, 9.17) is 10.2 Å². The van der Waals surface area contributed by atoms with E-state index in [-0.39, 0.29) is 16.8 Å². The minimum atomic E-state index is -1.84. The number of nitrogens with zero attached hydrogens (tertiary/aromatic N) is 1. The molecule has 24 heavy (non-hydrogen) atoms. The maximum Gasteiger partial charge on any atom is 0.329 e. The highest BCUT2D eigenvalue weighted by molar-refractivity contribution is 5.91. The molecule has 4 N–H and O–H groups in total. The minimum Gasteiger partial charge on any atom is -0.481 e. The van der Waals surface area contributed by atoms with Gasteiger partial charge in [-0.15, -0.1) is 0 Å². The average molecular weight is 335 g/mol. The minimum absolute atomic E-state index is 0.0136. The number of aromatic nitrogens is 2. The molecule has 0 aliphatic rings. The van der Waals surface area contributed by atoms with E-state index in [1.54, 1.807) is 0 Å². The van der Waals surface area contributed by atoms with Crippen LogP contribution >= 0.6 is 0 Å². The normalized spacial score (nSPS) is 11.9. The number of anilines is 1. The predicted molar refractivity (Wildman–Crippen MR) is 82.1 cm³/mol. The standard InChI is InChI=1S/C14H13N3O7/c1-6(18)15-7-2-3-8-9(4-7)16-14(24)17(12(8)21)10(13(22)23)5-11(19)20/h2-4,10H,5H2,1H3,(H,15,18)(H,16,24)(H,19,20)(H,22,23). The summed E-state index contributed by atoms with van der Waals surface area (Å²) in [7, 11) is 0. The first-order valence-electron chi connectivity index (χ1n) is 6.71. The number of amides is 1. The van der Waals surface area contributed by atoms with Crippen molar-refractivity contribution in [3.05, 3.63) is 39.0 Å². The van der Waals surface area contributed by atoms with Gasteiger partial charge in [-0.3, -0.25) is 14.4 Å². The molecule has 10 nitrogen and oxygen atoms in total. The Labute approximate surface area is 133 Å². The molecule has 2 rings (SSSR count). The quantitative estimate of drug-likeness (QED) is 0.586. The van der Waals surface area contributed by atoms with Gasteiger partial charge in [0.25, 0.3) is 5.56 Å². The van der Waals surface area contributed by atoms with Crippen LogP contribution in [0.3, 0.4) is 0 Å². The molecular weight excluding hydrogens is 322 g/mol. The first kappa shape index (κ1) is 16.9. The summed E-state index contributed by atoms with van der Waals surface area (Å²) >= 11 is 0. The lowest BCUT2D eigenvalue weighted by Gasteiger charge is -2.13. The third-order valence-electron chi connectivity index (χ3n) is 3.21. The number of carbonyl (C=O) groups excluding carboxylic acids is 1. The van der Waals surface area contributed by atoms with Crippen molar-refractivity contribution < 1.29 is 24.6 Å². The second kappa shape index (κ2) is 6.36. The molecule has 126 valence electrons. The number of carbonyl (C=O) groups is 3. The first-order valence-corrected chi connectivity index (χ1v) is 6.71. The molecule has 1 unspecified atom stereocenters. The highest BCUT2D eigenvalue weighted by Crippen LogP contribution is 2.15. The Kier molecular flexibility index (Phi) is 4.49. The molecule has 0 saturated heterocycles. The molecule has 1 aromatic carbocycles. The van der Waals surface area contributed by atoms with Crippen LogP contribution in [0.4, 0.5) is 5.69 Å². The summed E-state index contributed by atoms with van der Waals surface area (Å²) in [6.07, 6.45) is -0.923. The maximum atomic E-state index is 12.4. The molecule has 1 aromatic heterocycles. The van der Waals surface area contributed by atoms with E-state index >= 15 is 0 Å². The van der Waals surface area contributed by atoms with Gasteiger partial charge in [0.1, 0.15) is 6.04 Å². The van der Waals surface area contributed by atoms with Gasteiger partial charge in [0, 0.05) is 12.6 Å². The molecule has 1 amide bonds. The topological polar surface area (TPSA) is 159 Å². The van der Waals surface area contributed by atoms with Gasteiger partial charge < -0.3 is 20.5 Å². The molecule has 1 heterocycles. The van der Waals surface area contributed by atoms with Crippen LogP contribution in [0.15, 0.2) is 27.8 Å². The fourth-order valence-electron chi connectivity index (χ4n) is 2.25. The molecule has 10 heteroatoms. The van der Waals surface area contributed by atoms with E-state index in [1.807, 2.05) is 0 Å². The fourth-order valence-corrected chi connectivity index (χ4v) is 2.25. The molecule has 0 spiro atoms. The van der Waals surface area contributed by atoms with Crippen molar-refractivity contribution >= 4 is 34.4 Å². The highest BCUT2D eigenvalue weighted by Gasteiger charge is 2.27. The van der Waals surface area contributed by atoms with Crippen LogP contribution < -0.4 is 16.6 Å². The summed E-state index contributed by atoms with van der Waals surface area (Å²) < 4.78 is 0.358. The van der Waals surface area contributed by atoms with Gasteiger partial charge in [-0.2, -0.15) is 0 Å². The number of aliphatic carboxylic acids is 2. The average Bonchev–Trinajstić information content (AvgIpc) is 2.44. The lowest BCUT2D eigenvalue weighted by atomic mass is 10.1. The number of carboxylic acid groups (broad SMARTS) is 2. The summed E-state index contributed by atoms with van der Waals surface area (Å²) in [4.78, 5) is 59.9. The van der Waals surface area contributed by atoms with Crippen LogP contribution in [0, 0.1) is 0 Å². The monoisotopic (exact) mass is 335 g/mol. The zero-order valence-electron chi connectivity index (χ0n) is 12.4. The lowest BCUT2D eigenvalue weighted by molar-refractivity contribution is -0.147. The largest absolute Gasteiger partial charge is 0.481 e.